The zero-order valence-corrected chi connectivity index (χ0v) is 9.78. The molecule has 0 unspecified atom stereocenters. The van der Waals surface area contributed by atoms with E-state index in [2.05, 4.69) is 4.98 Å². The predicted molar refractivity (Wildman–Crippen MR) is 59.4 cm³/mol. The van der Waals surface area contributed by atoms with Gasteiger partial charge in [-0.05, 0) is 24.8 Å². The number of rotatable bonds is 3. The lowest BCUT2D eigenvalue weighted by Gasteiger charge is -2.29. The van der Waals surface area contributed by atoms with Crippen molar-refractivity contribution in [1.82, 2.24) is 9.29 Å². The largest absolute Gasteiger partial charge is 0.396 e. The maximum Gasteiger partial charge on any atom is 0.244 e. The number of hydrogen-bond donors (Lipinski definition) is 2. The first-order valence-electron chi connectivity index (χ1n) is 5.38. The summed E-state index contributed by atoms with van der Waals surface area (Å²) in [7, 11) is -3.33. The summed E-state index contributed by atoms with van der Waals surface area (Å²) in [4.78, 5) is 3.06. The van der Waals surface area contributed by atoms with Crippen molar-refractivity contribution in [1.29, 1.82) is 0 Å². The molecule has 1 aromatic rings. The van der Waals surface area contributed by atoms with Crippen molar-refractivity contribution in [2.75, 3.05) is 19.7 Å². The number of aromatic nitrogens is 1. The average molecular weight is 244 g/mol. The Kier molecular flexibility index (Phi) is 3.32. The SMILES string of the molecule is O=S(=O)(c1cc[nH]c1)N1CCC(CO)CC1. The quantitative estimate of drug-likeness (QED) is 0.808. The molecule has 0 aliphatic carbocycles. The van der Waals surface area contributed by atoms with Gasteiger partial charge in [0, 0.05) is 32.1 Å². The number of piperidine rings is 1. The van der Waals surface area contributed by atoms with Gasteiger partial charge in [-0.3, -0.25) is 0 Å². The third-order valence-electron chi connectivity index (χ3n) is 3.04. The van der Waals surface area contributed by atoms with Crippen molar-refractivity contribution in [3.05, 3.63) is 18.5 Å². The summed E-state index contributed by atoms with van der Waals surface area (Å²) in [6.45, 7) is 1.15. The molecule has 16 heavy (non-hydrogen) atoms. The molecule has 0 bridgehead atoms. The molecule has 1 saturated heterocycles. The molecule has 2 rings (SSSR count). The van der Waals surface area contributed by atoms with Crippen molar-refractivity contribution in [2.45, 2.75) is 17.7 Å². The Morgan fingerprint density at radius 1 is 1.44 bits per heavy atom. The molecular formula is C10H16N2O3S. The molecule has 1 aliphatic heterocycles. The molecule has 2 N–H and O–H groups in total. The summed E-state index contributed by atoms with van der Waals surface area (Å²) < 4.78 is 25.7. The van der Waals surface area contributed by atoms with Gasteiger partial charge in [-0.25, -0.2) is 8.42 Å². The van der Waals surface area contributed by atoms with Gasteiger partial charge in [-0.15, -0.1) is 0 Å². The van der Waals surface area contributed by atoms with E-state index in [1.54, 1.807) is 12.3 Å². The second-order valence-electron chi connectivity index (χ2n) is 4.08. The van der Waals surface area contributed by atoms with E-state index in [0.29, 0.717) is 18.0 Å². The highest BCUT2D eigenvalue weighted by Gasteiger charge is 2.29. The van der Waals surface area contributed by atoms with Crippen molar-refractivity contribution in [2.24, 2.45) is 5.92 Å². The first kappa shape index (κ1) is 11.6. The number of nitrogens with zero attached hydrogens (tertiary/aromatic N) is 1. The monoisotopic (exact) mass is 244 g/mol. The van der Waals surface area contributed by atoms with E-state index in [1.165, 1.54) is 10.5 Å². The third kappa shape index (κ3) is 2.14. The summed E-state index contributed by atoms with van der Waals surface area (Å²) in [6.07, 6.45) is 4.57. The van der Waals surface area contributed by atoms with Gasteiger partial charge in [0.2, 0.25) is 10.0 Å². The Morgan fingerprint density at radius 3 is 2.62 bits per heavy atom. The van der Waals surface area contributed by atoms with E-state index in [0.717, 1.165) is 12.8 Å². The van der Waals surface area contributed by atoms with Crippen LogP contribution in [-0.4, -0.2) is 42.5 Å². The molecule has 1 aliphatic rings. The molecular weight excluding hydrogens is 228 g/mol. The Balaban J connectivity index is 2.09. The van der Waals surface area contributed by atoms with Crippen molar-refractivity contribution in [3.8, 4) is 0 Å². The van der Waals surface area contributed by atoms with Crippen LogP contribution in [-0.2, 0) is 10.0 Å². The number of hydrogen-bond acceptors (Lipinski definition) is 3. The van der Waals surface area contributed by atoms with E-state index in [4.69, 9.17) is 5.11 Å². The van der Waals surface area contributed by atoms with E-state index < -0.39 is 10.0 Å². The lowest BCUT2D eigenvalue weighted by molar-refractivity contribution is 0.170. The van der Waals surface area contributed by atoms with E-state index in [1.807, 2.05) is 0 Å². The van der Waals surface area contributed by atoms with Crippen LogP contribution >= 0.6 is 0 Å². The topological polar surface area (TPSA) is 73.4 Å². The Bertz CT molecular complexity index is 419. The maximum absolute atomic E-state index is 12.1. The lowest BCUT2D eigenvalue weighted by atomic mass is 10.00. The molecule has 5 nitrogen and oxygen atoms in total. The second-order valence-corrected chi connectivity index (χ2v) is 6.01. The van der Waals surface area contributed by atoms with Gasteiger partial charge in [0.1, 0.15) is 0 Å². The zero-order chi connectivity index (χ0) is 11.6. The van der Waals surface area contributed by atoms with Gasteiger partial charge < -0.3 is 10.1 Å². The minimum Gasteiger partial charge on any atom is -0.396 e. The molecule has 90 valence electrons. The minimum atomic E-state index is -3.33. The molecule has 0 aromatic carbocycles. The normalized spacial score (nSPS) is 20.1. The van der Waals surface area contributed by atoms with Crippen LogP contribution in [0.2, 0.25) is 0 Å². The number of aliphatic hydroxyl groups is 1. The predicted octanol–water partition coefficient (Wildman–Crippen LogP) is 0.408. The fourth-order valence-corrected chi connectivity index (χ4v) is 3.40. The van der Waals surface area contributed by atoms with Crippen LogP contribution < -0.4 is 0 Å². The van der Waals surface area contributed by atoms with Crippen LogP contribution in [0, 0.1) is 5.92 Å². The van der Waals surface area contributed by atoms with E-state index >= 15 is 0 Å². The fourth-order valence-electron chi connectivity index (χ4n) is 1.95. The fraction of sp³-hybridized carbons (Fsp3) is 0.600. The summed E-state index contributed by atoms with van der Waals surface area (Å²) in [5.41, 5.74) is 0. The van der Waals surface area contributed by atoms with Crippen molar-refractivity contribution >= 4 is 10.0 Å². The second kappa shape index (κ2) is 4.57. The molecule has 0 saturated carbocycles. The number of aromatic amines is 1. The van der Waals surface area contributed by atoms with Gasteiger partial charge in [-0.2, -0.15) is 4.31 Å². The lowest BCUT2D eigenvalue weighted by Crippen LogP contribution is -2.39. The first-order chi connectivity index (χ1) is 7.64. The number of nitrogens with one attached hydrogen (secondary N) is 1. The highest BCUT2D eigenvalue weighted by molar-refractivity contribution is 7.89. The summed E-state index contributed by atoms with van der Waals surface area (Å²) in [5.74, 6) is 0.248. The third-order valence-corrected chi connectivity index (χ3v) is 4.93. The van der Waals surface area contributed by atoms with Crippen LogP contribution in [0.15, 0.2) is 23.4 Å². The Morgan fingerprint density at radius 2 is 2.12 bits per heavy atom. The summed E-state index contributed by atoms with van der Waals surface area (Å²) in [5, 5.41) is 8.99. The van der Waals surface area contributed by atoms with Crippen LogP contribution in [0.25, 0.3) is 0 Å². The summed E-state index contributed by atoms with van der Waals surface area (Å²) in [6, 6.07) is 1.56. The van der Waals surface area contributed by atoms with E-state index in [9.17, 15) is 8.42 Å². The van der Waals surface area contributed by atoms with Crippen LogP contribution in [0.4, 0.5) is 0 Å². The molecule has 2 heterocycles. The first-order valence-corrected chi connectivity index (χ1v) is 6.82. The molecule has 1 aromatic heterocycles. The molecule has 0 atom stereocenters. The molecule has 6 heteroatoms. The highest BCUT2D eigenvalue weighted by Crippen LogP contribution is 2.22. The van der Waals surface area contributed by atoms with Gasteiger partial charge >= 0.3 is 0 Å². The molecule has 1 fully saturated rings. The number of aliphatic hydroxyl groups excluding tert-OH is 1. The van der Waals surface area contributed by atoms with Crippen LogP contribution in [0.5, 0.6) is 0 Å². The zero-order valence-electron chi connectivity index (χ0n) is 8.96. The smallest absolute Gasteiger partial charge is 0.244 e. The highest BCUT2D eigenvalue weighted by atomic mass is 32.2. The Labute approximate surface area is 95.1 Å². The van der Waals surface area contributed by atoms with Crippen LogP contribution in [0.3, 0.4) is 0 Å². The van der Waals surface area contributed by atoms with Gasteiger partial charge in [-0.1, -0.05) is 0 Å². The van der Waals surface area contributed by atoms with Gasteiger partial charge in [0.25, 0.3) is 0 Å². The van der Waals surface area contributed by atoms with E-state index in [-0.39, 0.29) is 12.5 Å². The van der Waals surface area contributed by atoms with Crippen LogP contribution in [0.1, 0.15) is 12.8 Å². The van der Waals surface area contributed by atoms with Gasteiger partial charge in [0.15, 0.2) is 0 Å². The van der Waals surface area contributed by atoms with Gasteiger partial charge in [0.05, 0.1) is 4.90 Å². The van der Waals surface area contributed by atoms with Crippen molar-refractivity contribution < 1.29 is 13.5 Å². The number of H-pyrrole nitrogens is 1. The van der Waals surface area contributed by atoms with Crippen molar-refractivity contribution in [3.63, 3.8) is 0 Å². The Hall–Kier alpha value is -0.850. The maximum atomic E-state index is 12.1. The molecule has 0 amide bonds. The molecule has 0 spiro atoms. The number of sulfonamides is 1. The molecule has 0 radical (unpaired) electrons. The standard InChI is InChI=1S/C10H16N2O3S/c13-8-9-2-5-12(6-3-9)16(14,15)10-1-4-11-7-10/h1,4,7,9,11,13H,2-3,5-6,8H2. The summed E-state index contributed by atoms with van der Waals surface area (Å²) >= 11 is 0. The minimum absolute atomic E-state index is 0.151. The average Bonchev–Trinajstić information content (AvgIpc) is 2.83.